The fourth-order valence-corrected chi connectivity index (χ4v) is 6.14. The van der Waals surface area contributed by atoms with Crippen molar-refractivity contribution in [1.82, 2.24) is 25.1 Å². The maximum atomic E-state index is 14.0. The molecule has 6 rings (SSSR count). The second-order valence-electron chi connectivity index (χ2n) is 10.5. The van der Waals surface area contributed by atoms with E-state index in [9.17, 15) is 4.79 Å². The molecule has 2 aromatic carbocycles. The van der Waals surface area contributed by atoms with Gasteiger partial charge < -0.3 is 15.1 Å². The number of likely N-dealkylation sites (tertiary alicyclic amines) is 1. The van der Waals surface area contributed by atoms with Crippen molar-refractivity contribution < 1.29 is 9.21 Å². The lowest BCUT2D eigenvalue weighted by Crippen LogP contribution is -2.35. The standard InChI is InChI=1S/C31H30N6O2S/c1-20-19-40-28(34-20)26-11-7-13-37(26)29(38)25-15-23(22-10-6-12-33-18-22)14-24(16-25)27-35-36-30(39-27)31(2,32)17-21-8-4-3-5-9-21/h3-6,8-10,12,14-16,18-19,26H,7,11,13,17,32H2,1-2H3/t26-,31?/m1/s1. The lowest BCUT2D eigenvalue weighted by Gasteiger charge is -2.23. The van der Waals surface area contributed by atoms with Crippen LogP contribution in [0.2, 0.25) is 0 Å². The number of hydrogen-bond donors (Lipinski definition) is 1. The van der Waals surface area contributed by atoms with Crippen LogP contribution in [0.25, 0.3) is 22.6 Å². The topological polar surface area (TPSA) is 111 Å². The first-order valence-corrected chi connectivity index (χ1v) is 14.2. The molecule has 1 unspecified atom stereocenters. The van der Waals surface area contributed by atoms with Gasteiger partial charge in [-0.15, -0.1) is 21.5 Å². The van der Waals surface area contributed by atoms with Crippen LogP contribution >= 0.6 is 11.3 Å². The van der Waals surface area contributed by atoms with Gasteiger partial charge in [-0.05, 0) is 68.5 Å². The third kappa shape index (κ3) is 5.30. The molecule has 4 heterocycles. The van der Waals surface area contributed by atoms with Crippen molar-refractivity contribution >= 4 is 17.2 Å². The van der Waals surface area contributed by atoms with Gasteiger partial charge in [-0.25, -0.2) is 4.98 Å². The Morgan fingerprint density at radius 2 is 1.93 bits per heavy atom. The van der Waals surface area contributed by atoms with Crippen molar-refractivity contribution in [2.24, 2.45) is 5.73 Å². The summed E-state index contributed by atoms with van der Waals surface area (Å²) < 4.78 is 6.15. The minimum atomic E-state index is -0.860. The normalized spacial score (nSPS) is 16.7. The second kappa shape index (κ2) is 10.7. The Labute approximate surface area is 236 Å². The van der Waals surface area contributed by atoms with E-state index in [2.05, 4.69) is 20.2 Å². The highest BCUT2D eigenvalue weighted by Gasteiger charge is 2.33. The maximum Gasteiger partial charge on any atom is 0.254 e. The predicted molar refractivity (Wildman–Crippen MR) is 155 cm³/mol. The van der Waals surface area contributed by atoms with Gasteiger partial charge in [0.05, 0.1) is 11.6 Å². The number of pyridine rings is 1. The molecule has 2 N–H and O–H groups in total. The van der Waals surface area contributed by atoms with E-state index in [1.54, 1.807) is 23.7 Å². The predicted octanol–water partition coefficient (Wildman–Crippen LogP) is 5.96. The Hall–Kier alpha value is -4.21. The Morgan fingerprint density at radius 3 is 2.67 bits per heavy atom. The average Bonchev–Trinajstić information content (AvgIpc) is 3.74. The summed E-state index contributed by atoms with van der Waals surface area (Å²) in [6, 6.07) is 19.5. The van der Waals surface area contributed by atoms with Crippen LogP contribution < -0.4 is 5.73 Å². The summed E-state index contributed by atoms with van der Waals surface area (Å²) >= 11 is 1.61. The first kappa shape index (κ1) is 26.0. The monoisotopic (exact) mass is 550 g/mol. The molecule has 5 aromatic rings. The van der Waals surface area contributed by atoms with Gasteiger partial charge in [-0.1, -0.05) is 36.4 Å². The molecule has 1 saturated heterocycles. The molecular formula is C31H30N6O2S. The second-order valence-corrected chi connectivity index (χ2v) is 11.4. The van der Waals surface area contributed by atoms with E-state index in [0.29, 0.717) is 35.9 Å². The number of nitrogens with two attached hydrogens (primary N) is 1. The van der Waals surface area contributed by atoms with Gasteiger partial charge in [0, 0.05) is 46.7 Å². The number of benzene rings is 2. The van der Waals surface area contributed by atoms with Crippen molar-refractivity contribution in [2.75, 3.05) is 6.54 Å². The molecule has 1 fully saturated rings. The zero-order valence-electron chi connectivity index (χ0n) is 22.4. The lowest BCUT2D eigenvalue weighted by atomic mass is 9.94. The number of aromatic nitrogens is 4. The summed E-state index contributed by atoms with van der Waals surface area (Å²) in [4.78, 5) is 24.9. The van der Waals surface area contributed by atoms with Crippen LogP contribution in [0.4, 0.5) is 0 Å². The highest BCUT2D eigenvalue weighted by Crippen LogP contribution is 2.36. The molecule has 8 nitrogen and oxygen atoms in total. The molecule has 9 heteroatoms. The molecular weight excluding hydrogens is 520 g/mol. The number of hydrogen-bond acceptors (Lipinski definition) is 8. The molecule has 3 aromatic heterocycles. The van der Waals surface area contributed by atoms with Crippen LogP contribution in [0.15, 0.2) is 82.9 Å². The molecule has 40 heavy (non-hydrogen) atoms. The Bertz CT molecular complexity index is 1630. The van der Waals surface area contributed by atoms with Gasteiger partial charge >= 0.3 is 0 Å². The van der Waals surface area contributed by atoms with Gasteiger partial charge in [0.1, 0.15) is 5.01 Å². The summed E-state index contributed by atoms with van der Waals surface area (Å²) in [6.07, 6.45) is 5.89. The number of nitrogens with zero attached hydrogens (tertiary/aromatic N) is 5. The minimum Gasteiger partial charge on any atom is -0.419 e. The summed E-state index contributed by atoms with van der Waals surface area (Å²) in [7, 11) is 0. The third-order valence-corrected chi connectivity index (χ3v) is 8.25. The Kier molecular flexibility index (Phi) is 7.00. The Morgan fingerprint density at radius 1 is 1.10 bits per heavy atom. The smallest absolute Gasteiger partial charge is 0.254 e. The van der Waals surface area contributed by atoms with E-state index in [4.69, 9.17) is 10.2 Å². The van der Waals surface area contributed by atoms with E-state index < -0.39 is 5.54 Å². The molecule has 202 valence electrons. The molecule has 0 radical (unpaired) electrons. The minimum absolute atomic E-state index is 0.0253. The number of carbonyl (C=O) groups excluding carboxylic acids is 1. The molecule has 0 saturated carbocycles. The Balaban J connectivity index is 1.36. The fraction of sp³-hybridized carbons (Fsp3) is 0.258. The lowest BCUT2D eigenvalue weighted by molar-refractivity contribution is 0.0735. The van der Waals surface area contributed by atoms with Crippen molar-refractivity contribution in [3.63, 3.8) is 0 Å². The summed E-state index contributed by atoms with van der Waals surface area (Å²) in [6.45, 7) is 4.55. The fourth-order valence-electron chi connectivity index (χ4n) is 5.20. The summed E-state index contributed by atoms with van der Waals surface area (Å²) in [5, 5.41) is 11.7. The van der Waals surface area contributed by atoms with E-state index in [0.717, 1.165) is 40.2 Å². The first-order valence-electron chi connectivity index (χ1n) is 13.3. The van der Waals surface area contributed by atoms with Gasteiger partial charge in [0.2, 0.25) is 11.8 Å². The number of amides is 1. The highest BCUT2D eigenvalue weighted by atomic mass is 32.1. The summed E-state index contributed by atoms with van der Waals surface area (Å²) in [5.41, 5.74) is 10.8. The van der Waals surface area contributed by atoms with E-state index in [-0.39, 0.29) is 11.9 Å². The van der Waals surface area contributed by atoms with Crippen LogP contribution in [0.3, 0.4) is 0 Å². The van der Waals surface area contributed by atoms with Crippen LogP contribution in [-0.2, 0) is 12.0 Å². The number of rotatable bonds is 7. The van der Waals surface area contributed by atoms with Gasteiger partial charge in [0.15, 0.2) is 0 Å². The number of carbonyl (C=O) groups is 1. The van der Waals surface area contributed by atoms with E-state index in [1.165, 1.54) is 0 Å². The van der Waals surface area contributed by atoms with Crippen molar-refractivity contribution in [2.45, 2.75) is 44.7 Å². The molecule has 1 aliphatic heterocycles. The van der Waals surface area contributed by atoms with Crippen molar-refractivity contribution in [3.05, 3.63) is 106 Å². The molecule has 0 aliphatic carbocycles. The molecule has 0 spiro atoms. The number of thiazole rings is 1. The van der Waals surface area contributed by atoms with E-state index in [1.807, 2.05) is 84.8 Å². The van der Waals surface area contributed by atoms with Crippen LogP contribution in [0.5, 0.6) is 0 Å². The quantitative estimate of drug-likeness (QED) is 0.266. The van der Waals surface area contributed by atoms with Crippen molar-refractivity contribution in [3.8, 4) is 22.6 Å². The SMILES string of the molecule is Cc1csc([C@H]2CCCN2C(=O)c2cc(-c3cccnc3)cc(-c3nnc(C(C)(N)Cc4ccccc4)o3)c2)n1. The van der Waals surface area contributed by atoms with Crippen molar-refractivity contribution in [1.29, 1.82) is 0 Å². The molecule has 2 atom stereocenters. The van der Waals surface area contributed by atoms with Gasteiger partial charge in [0.25, 0.3) is 5.91 Å². The molecule has 1 aliphatic rings. The largest absolute Gasteiger partial charge is 0.419 e. The number of aryl methyl sites for hydroxylation is 1. The molecule has 1 amide bonds. The highest BCUT2D eigenvalue weighted by molar-refractivity contribution is 7.09. The first-order chi connectivity index (χ1) is 19.4. The van der Waals surface area contributed by atoms with Crippen LogP contribution in [0.1, 0.15) is 58.3 Å². The zero-order chi connectivity index (χ0) is 27.7. The third-order valence-electron chi connectivity index (χ3n) is 7.19. The van der Waals surface area contributed by atoms with E-state index >= 15 is 0 Å². The maximum absolute atomic E-state index is 14.0. The van der Waals surface area contributed by atoms with Gasteiger partial charge in [-0.3, -0.25) is 9.78 Å². The van der Waals surface area contributed by atoms with Crippen LogP contribution in [0, 0.1) is 6.92 Å². The van der Waals surface area contributed by atoms with Crippen LogP contribution in [-0.4, -0.2) is 37.5 Å². The molecule has 0 bridgehead atoms. The van der Waals surface area contributed by atoms with Gasteiger partial charge in [-0.2, -0.15) is 0 Å². The average molecular weight is 551 g/mol. The summed E-state index contributed by atoms with van der Waals surface area (Å²) in [5.74, 6) is 0.604. The zero-order valence-corrected chi connectivity index (χ0v) is 23.3.